The number of imide groups is 1. The Morgan fingerprint density at radius 2 is 2.06 bits per heavy atom. The summed E-state index contributed by atoms with van der Waals surface area (Å²) in [4.78, 5) is 24.2. The molecule has 1 rings (SSSR count). The van der Waals surface area contributed by atoms with E-state index in [0.29, 0.717) is 13.1 Å². The van der Waals surface area contributed by atoms with Gasteiger partial charge in [0.25, 0.3) is 0 Å². The van der Waals surface area contributed by atoms with E-state index in [1.807, 2.05) is 11.2 Å². The van der Waals surface area contributed by atoms with Gasteiger partial charge in [0, 0.05) is 13.1 Å². The normalized spacial score (nSPS) is 20.7. The van der Waals surface area contributed by atoms with Crippen molar-refractivity contribution in [1.82, 2.24) is 10.2 Å². The Kier molecular flexibility index (Phi) is 4.99. The Morgan fingerprint density at radius 3 is 2.44 bits per heavy atom. The van der Waals surface area contributed by atoms with Crippen molar-refractivity contribution in [2.45, 2.75) is 30.6 Å². The zero-order valence-corrected chi connectivity index (χ0v) is 11.4. The average molecular weight is 270 g/mol. The third-order valence-corrected chi connectivity index (χ3v) is 4.65. The number of primary amides is 1. The SMILES string of the molecule is CSC1(C#N)CCN(C(C)C(=O)NC(N)=O)CC1. The van der Waals surface area contributed by atoms with Gasteiger partial charge < -0.3 is 5.73 Å². The average Bonchev–Trinajstić information content (AvgIpc) is 2.37. The van der Waals surface area contributed by atoms with Gasteiger partial charge in [-0.05, 0) is 26.0 Å². The van der Waals surface area contributed by atoms with Gasteiger partial charge >= 0.3 is 6.03 Å². The molecule has 100 valence electrons. The number of thioether (sulfide) groups is 1. The van der Waals surface area contributed by atoms with E-state index in [1.54, 1.807) is 18.7 Å². The van der Waals surface area contributed by atoms with Crippen molar-refractivity contribution in [3.63, 3.8) is 0 Å². The molecule has 1 aliphatic heterocycles. The second kappa shape index (κ2) is 6.07. The van der Waals surface area contributed by atoms with Gasteiger partial charge in [-0.25, -0.2) is 4.79 Å². The highest BCUT2D eigenvalue weighted by Gasteiger charge is 2.36. The van der Waals surface area contributed by atoms with Crippen LogP contribution in [-0.2, 0) is 4.79 Å². The molecule has 0 saturated carbocycles. The maximum Gasteiger partial charge on any atom is 0.318 e. The number of hydrogen-bond donors (Lipinski definition) is 2. The number of piperidine rings is 1. The second-order valence-electron chi connectivity index (χ2n) is 4.38. The van der Waals surface area contributed by atoms with E-state index in [9.17, 15) is 9.59 Å². The lowest BCUT2D eigenvalue weighted by Gasteiger charge is -2.38. The van der Waals surface area contributed by atoms with Crippen LogP contribution in [0.25, 0.3) is 0 Å². The zero-order chi connectivity index (χ0) is 13.8. The summed E-state index contributed by atoms with van der Waals surface area (Å²) in [5.41, 5.74) is 4.91. The molecule has 18 heavy (non-hydrogen) atoms. The number of nitrogens with one attached hydrogen (secondary N) is 1. The lowest BCUT2D eigenvalue weighted by Crippen LogP contribution is -2.52. The van der Waals surface area contributed by atoms with Crippen LogP contribution in [0.2, 0.25) is 0 Å². The predicted octanol–water partition coefficient (Wildman–Crippen LogP) is 0.291. The van der Waals surface area contributed by atoms with Crippen LogP contribution in [0.4, 0.5) is 4.79 Å². The molecule has 1 aliphatic rings. The van der Waals surface area contributed by atoms with Gasteiger partial charge in [0.2, 0.25) is 5.91 Å². The standard InChI is InChI=1S/C11H18N4O2S/c1-8(9(16)14-10(13)17)15-5-3-11(7-12,18-2)4-6-15/h8H,3-6H2,1-2H3,(H3,13,14,16,17). The minimum absolute atomic E-state index is 0.337. The molecule has 3 amide bonds. The molecule has 0 bridgehead atoms. The fourth-order valence-electron chi connectivity index (χ4n) is 2.03. The van der Waals surface area contributed by atoms with Crippen LogP contribution in [-0.4, -0.2) is 47.0 Å². The molecule has 1 fully saturated rings. The molecule has 0 radical (unpaired) electrons. The number of nitriles is 1. The molecule has 0 aliphatic carbocycles. The van der Waals surface area contributed by atoms with Gasteiger partial charge in [-0.15, -0.1) is 11.8 Å². The molecular formula is C11H18N4O2S. The Hall–Kier alpha value is -1.26. The Morgan fingerprint density at radius 1 is 1.50 bits per heavy atom. The fraction of sp³-hybridized carbons (Fsp3) is 0.727. The first-order chi connectivity index (χ1) is 8.44. The number of carbonyl (C=O) groups excluding carboxylic acids is 2. The molecule has 0 spiro atoms. The summed E-state index contributed by atoms with van der Waals surface area (Å²) in [5.74, 6) is -0.392. The number of amides is 3. The molecule has 3 N–H and O–H groups in total. The van der Waals surface area contributed by atoms with Crippen LogP contribution in [0.3, 0.4) is 0 Å². The lowest BCUT2D eigenvalue weighted by atomic mass is 9.96. The van der Waals surface area contributed by atoms with Crippen molar-refractivity contribution in [2.75, 3.05) is 19.3 Å². The van der Waals surface area contributed by atoms with E-state index >= 15 is 0 Å². The second-order valence-corrected chi connectivity index (χ2v) is 5.57. The summed E-state index contributed by atoms with van der Waals surface area (Å²) >= 11 is 1.56. The van der Waals surface area contributed by atoms with Gasteiger partial charge in [-0.3, -0.25) is 15.0 Å². The molecule has 1 heterocycles. The van der Waals surface area contributed by atoms with Gasteiger partial charge in [-0.2, -0.15) is 5.26 Å². The monoisotopic (exact) mass is 270 g/mol. The summed E-state index contributed by atoms with van der Waals surface area (Å²) in [6.45, 7) is 3.07. The molecule has 7 heteroatoms. The van der Waals surface area contributed by atoms with E-state index < -0.39 is 18.0 Å². The van der Waals surface area contributed by atoms with E-state index in [-0.39, 0.29) is 4.75 Å². The molecule has 0 aromatic heterocycles. The summed E-state index contributed by atoms with van der Waals surface area (Å²) in [5, 5.41) is 11.2. The summed E-state index contributed by atoms with van der Waals surface area (Å²) < 4.78 is -0.337. The van der Waals surface area contributed by atoms with Crippen molar-refractivity contribution >= 4 is 23.7 Å². The number of rotatable bonds is 3. The smallest absolute Gasteiger partial charge is 0.318 e. The molecule has 1 saturated heterocycles. The van der Waals surface area contributed by atoms with Gasteiger partial charge in [0.1, 0.15) is 4.75 Å². The van der Waals surface area contributed by atoms with E-state index in [2.05, 4.69) is 11.4 Å². The summed E-state index contributed by atoms with van der Waals surface area (Å²) in [7, 11) is 0. The lowest BCUT2D eigenvalue weighted by molar-refractivity contribution is -0.125. The topological polar surface area (TPSA) is 99.2 Å². The maximum atomic E-state index is 11.6. The van der Waals surface area contributed by atoms with Crippen molar-refractivity contribution < 1.29 is 9.59 Å². The van der Waals surface area contributed by atoms with E-state index in [4.69, 9.17) is 11.0 Å². The predicted molar refractivity (Wildman–Crippen MR) is 69.9 cm³/mol. The molecular weight excluding hydrogens is 252 g/mol. The van der Waals surface area contributed by atoms with Crippen molar-refractivity contribution in [3.05, 3.63) is 0 Å². The molecule has 6 nitrogen and oxygen atoms in total. The quantitative estimate of drug-likeness (QED) is 0.768. The Bertz CT molecular complexity index is 372. The number of nitrogens with two attached hydrogens (primary N) is 1. The third kappa shape index (κ3) is 3.37. The van der Waals surface area contributed by atoms with Gasteiger partial charge in [-0.1, -0.05) is 0 Å². The largest absolute Gasteiger partial charge is 0.351 e. The van der Waals surface area contributed by atoms with Crippen LogP contribution in [0, 0.1) is 11.3 Å². The molecule has 0 aromatic carbocycles. The fourth-order valence-corrected chi connectivity index (χ4v) is 2.71. The summed E-state index contributed by atoms with van der Waals surface area (Å²) in [6.07, 6.45) is 3.37. The number of hydrogen-bond acceptors (Lipinski definition) is 5. The molecule has 1 unspecified atom stereocenters. The van der Waals surface area contributed by atoms with Crippen LogP contribution in [0.15, 0.2) is 0 Å². The zero-order valence-electron chi connectivity index (χ0n) is 10.6. The Labute approximate surface area is 111 Å². The van der Waals surface area contributed by atoms with Crippen molar-refractivity contribution in [3.8, 4) is 6.07 Å². The van der Waals surface area contributed by atoms with Crippen LogP contribution in [0.1, 0.15) is 19.8 Å². The maximum absolute atomic E-state index is 11.6. The number of nitrogens with zero attached hydrogens (tertiary/aromatic N) is 2. The minimum atomic E-state index is -0.834. The third-order valence-electron chi connectivity index (χ3n) is 3.37. The highest BCUT2D eigenvalue weighted by molar-refractivity contribution is 8.00. The number of carbonyl (C=O) groups is 2. The van der Waals surface area contributed by atoms with Gasteiger partial charge in [0.05, 0.1) is 12.1 Å². The van der Waals surface area contributed by atoms with Crippen molar-refractivity contribution in [2.24, 2.45) is 5.73 Å². The number of urea groups is 1. The highest BCUT2D eigenvalue weighted by Crippen LogP contribution is 2.34. The van der Waals surface area contributed by atoms with Crippen LogP contribution >= 0.6 is 11.8 Å². The van der Waals surface area contributed by atoms with E-state index in [1.165, 1.54) is 0 Å². The summed E-state index contributed by atoms with van der Waals surface area (Å²) in [6, 6.07) is 1.11. The first-order valence-electron chi connectivity index (χ1n) is 5.75. The van der Waals surface area contributed by atoms with Gasteiger partial charge in [0.15, 0.2) is 0 Å². The Balaban J connectivity index is 2.55. The molecule has 1 atom stereocenters. The first-order valence-corrected chi connectivity index (χ1v) is 6.97. The van der Waals surface area contributed by atoms with E-state index in [0.717, 1.165) is 12.8 Å². The first kappa shape index (κ1) is 14.8. The van der Waals surface area contributed by atoms with Crippen LogP contribution in [0.5, 0.6) is 0 Å². The van der Waals surface area contributed by atoms with Crippen LogP contribution < -0.4 is 11.1 Å². The molecule has 0 aromatic rings. The number of likely N-dealkylation sites (tertiary alicyclic amines) is 1. The highest BCUT2D eigenvalue weighted by atomic mass is 32.2. The van der Waals surface area contributed by atoms with Crippen molar-refractivity contribution in [1.29, 1.82) is 5.26 Å². The minimum Gasteiger partial charge on any atom is -0.351 e.